The summed E-state index contributed by atoms with van der Waals surface area (Å²) < 4.78 is 0. The van der Waals surface area contributed by atoms with Gasteiger partial charge in [-0.1, -0.05) is 13.8 Å². The summed E-state index contributed by atoms with van der Waals surface area (Å²) in [4.78, 5) is 4.92. The van der Waals surface area contributed by atoms with Crippen molar-refractivity contribution in [2.24, 2.45) is 0 Å². The lowest BCUT2D eigenvalue weighted by Crippen LogP contribution is -2.47. The molecule has 1 saturated heterocycles. The Labute approximate surface area is 109 Å². The summed E-state index contributed by atoms with van der Waals surface area (Å²) in [6, 6.07) is 0.730. The van der Waals surface area contributed by atoms with Crippen LogP contribution in [-0.2, 0) is 0 Å². The molecular formula is C14H34N2O. The Morgan fingerprint density at radius 3 is 1.47 bits per heavy atom. The van der Waals surface area contributed by atoms with Gasteiger partial charge in [0, 0.05) is 32.2 Å². The summed E-state index contributed by atoms with van der Waals surface area (Å²) >= 11 is 0. The fourth-order valence-corrected chi connectivity index (χ4v) is 1.34. The molecule has 0 atom stereocenters. The van der Waals surface area contributed by atoms with Crippen molar-refractivity contribution < 1.29 is 5.11 Å². The minimum atomic E-state index is -0.500. The Hall–Kier alpha value is -0.120. The molecule has 1 aliphatic heterocycles. The van der Waals surface area contributed by atoms with E-state index < -0.39 is 5.60 Å². The number of nitrogens with zero attached hydrogens (tertiary/aromatic N) is 2. The van der Waals surface area contributed by atoms with Gasteiger partial charge in [-0.15, -0.1) is 0 Å². The minimum absolute atomic E-state index is 0.500. The number of rotatable bonds is 1. The van der Waals surface area contributed by atoms with Crippen molar-refractivity contribution in [2.75, 3.05) is 33.2 Å². The second-order valence-electron chi connectivity index (χ2n) is 5.60. The summed E-state index contributed by atoms with van der Waals surface area (Å²) in [5.41, 5.74) is -0.500. The fraction of sp³-hybridized carbons (Fsp3) is 1.00. The zero-order chi connectivity index (χ0) is 14.1. The van der Waals surface area contributed by atoms with Crippen LogP contribution in [0, 0.1) is 0 Å². The number of likely N-dealkylation sites (N-methyl/N-ethyl adjacent to an activating group) is 1. The highest BCUT2D eigenvalue weighted by molar-refractivity contribution is 4.71. The zero-order valence-electron chi connectivity index (χ0n) is 13.2. The van der Waals surface area contributed by atoms with E-state index >= 15 is 0 Å². The molecule has 0 spiro atoms. The van der Waals surface area contributed by atoms with Crippen molar-refractivity contribution in [2.45, 2.75) is 60.1 Å². The Balaban J connectivity index is 0. The van der Waals surface area contributed by atoms with E-state index in [-0.39, 0.29) is 0 Å². The molecule has 0 radical (unpaired) electrons. The topological polar surface area (TPSA) is 26.7 Å². The molecule has 106 valence electrons. The molecule has 17 heavy (non-hydrogen) atoms. The number of piperazine rings is 1. The van der Waals surface area contributed by atoms with E-state index in [0.717, 1.165) is 6.04 Å². The second kappa shape index (κ2) is 9.86. The van der Waals surface area contributed by atoms with E-state index in [1.807, 2.05) is 13.8 Å². The summed E-state index contributed by atoms with van der Waals surface area (Å²) in [5, 5.41) is 8.52. The first kappa shape index (κ1) is 19.2. The second-order valence-corrected chi connectivity index (χ2v) is 5.60. The molecule has 1 heterocycles. The van der Waals surface area contributed by atoms with Crippen molar-refractivity contribution in [1.82, 2.24) is 9.80 Å². The molecule has 3 heteroatoms. The van der Waals surface area contributed by atoms with Gasteiger partial charge in [-0.05, 0) is 41.7 Å². The number of hydrogen-bond donors (Lipinski definition) is 1. The Kier molecular flexibility index (Phi) is 11.2. The fourth-order valence-electron chi connectivity index (χ4n) is 1.34. The van der Waals surface area contributed by atoms with Gasteiger partial charge < -0.3 is 10.0 Å². The molecule has 0 aromatic rings. The number of aliphatic hydroxyl groups is 1. The summed E-state index contributed by atoms with van der Waals surface area (Å²) in [6.45, 7) is 18.7. The molecule has 0 aromatic heterocycles. The van der Waals surface area contributed by atoms with Crippen LogP contribution in [0.4, 0.5) is 0 Å². The zero-order valence-corrected chi connectivity index (χ0v) is 13.2. The monoisotopic (exact) mass is 246 g/mol. The maximum absolute atomic E-state index is 8.52. The maximum atomic E-state index is 8.52. The van der Waals surface area contributed by atoms with Gasteiger partial charge in [0.15, 0.2) is 0 Å². The van der Waals surface area contributed by atoms with Gasteiger partial charge in [0.05, 0.1) is 5.60 Å². The predicted molar refractivity (Wildman–Crippen MR) is 77.5 cm³/mol. The standard InChI is InChI=1S/C8H18N2.C4H10O.C2H6/c1-8(2)10-6-4-9(3)5-7-10;1-4(2,3)5;1-2/h8H,4-7H2,1-3H3;5H,1-3H3;1-2H3. The van der Waals surface area contributed by atoms with Gasteiger partial charge in [0.1, 0.15) is 0 Å². The smallest absolute Gasteiger partial charge is 0.0563 e. The average molecular weight is 246 g/mol. The van der Waals surface area contributed by atoms with Crippen LogP contribution in [0.3, 0.4) is 0 Å². The third-order valence-corrected chi connectivity index (χ3v) is 2.27. The van der Waals surface area contributed by atoms with Gasteiger partial charge in [-0.25, -0.2) is 0 Å². The van der Waals surface area contributed by atoms with Crippen molar-refractivity contribution in [3.05, 3.63) is 0 Å². The van der Waals surface area contributed by atoms with Crippen molar-refractivity contribution in [3.8, 4) is 0 Å². The third kappa shape index (κ3) is 15.9. The number of hydrogen-bond acceptors (Lipinski definition) is 3. The van der Waals surface area contributed by atoms with Crippen LogP contribution in [-0.4, -0.2) is 59.8 Å². The molecule has 0 bridgehead atoms. The Morgan fingerprint density at radius 2 is 1.24 bits per heavy atom. The highest BCUT2D eigenvalue weighted by Crippen LogP contribution is 2.02. The molecule has 1 fully saturated rings. The predicted octanol–water partition coefficient (Wildman–Crippen LogP) is 2.45. The van der Waals surface area contributed by atoms with E-state index in [9.17, 15) is 0 Å². The van der Waals surface area contributed by atoms with E-state index in [4.69, 9.17) is 5.11 Å². The van der Waals surface area contributed by atoms with Crippen LogP contribution in [0.2, 0.25) is 0 Å². The Morgan fingerprint density at radius 1 is 0.941 bits per heavy atom. The molecular weight excluding hydrogens is 212 g/mol. The molecule has 0 saturated carbocycles. The molecule has 1 aliphatic rings. The first-order valence-corrected chi connectivity index (χ1v) is 6.85. The van der Waals surface area contributed by atoms with Gasteiger partial charge in [-0.3, -0.25) is 4.90 Å². The quantitative estimate of drug-likeness (QED) is 0.770. The molecule has 1 N–H and O–H groups in total. The molecule has 0 amide bonds. The summed E-state index contributed by atoms with van der Waals surface area (Å²) in [7, 11) is 2.19. The normalized spacial score (nSPS) is 18.0. The molecule has 0 unspecified atom stereocenters. The largest absolute Gasteiger partial charge is 0.391 e. The van der Waals surface area contributed by atoms with Gasteiger partial charge in [0.2, 0.25) is 0 Å². The lowest BCUT2D eigenvalue weighted by molar-refractivity contribution is 0.102. The van der Waals surface area contributed by atoms with Crippen LogP contribution < -0.4 is 0 Å². The summed E-state index contributed by atoms with van der Waals surface area (Å²) in [6.07, 6.45) is 0. The SMILES string of the molecule is CC.CC(C)(C)O.CC(C)N1CCN(C)CC1. The molecule has 0 aromatic carbocycles. The van der Waals surface area contributed by atoms with Gasteiger partial charge in [-0.2, -0.15) is 0 Å². The van der Waals surface area contributed by atoms with Gasteiger partial charge in [0.25, 0.3) is 0 Å². The van der Waals surface area contributed by atoms with Crippen molar-refractivity contribution in [1.29, 1.82) is 0 Å². The molecule has 1 rings (SSSR count). The highest BCUT2D eigenvalue weighted by Gasteiger charge is 2.15. The van der Waals surface area contributed by atoms with E-state index in [2.05, 4.69) is 30.7 Å². The van der Waals surface area contributed by atoms with Crippen molar-refractivity contribution in [3.63, 3.8) is 0 Å². The molecule has 0 aliphatic carbocycles. The summed E-state index contributed by atoms with van der Waals surface area (Å²) in [5.74, 6) is 0. The lowest BCUT2D eigenvalue weighted by atomic mass is 10.2. The first-order valence-electron chi connectivity index (χ1n) is 6.85. The van der Waals surface area contributed by atoms with Crippen LogP contribution in [0.25, 0.3) is 0 Å². The molecule has 3 nitrogen and oxygen atoms in total. The van der Waals surface area contributed by atoms with E-state index in [0.29, 0.717) is 0 Å². The van der Waals surface area contributed by atoms with Crippen molar-refractivity contribution >= 4 is 0 Å². The van der Waals surface area contributed by atoms with Gasteiger partial charge >= 0.3 is 0 Å². The van der Waals surface area contributed by atoms with Crippen LogP contribution in [0.1, 0.15) is 48.5 Å². The van der Waals surface area contributed by atoms with Crippen LogP contribution in [0.5, 0.6) is 0 Å². The first-order chi connectivity index (χ1) is 7.70. The third-order valence-electron chi connectivity index (χ3n) is 2.27. The maximum Gasteiger partial charge on any atom is 0.0563 e. The van der Waals surface area contributed by atoms with E-state index in [1.165, 1.54) is 26.2 Å². The highest BCUT2D eigenvalue weighted by atomic mass is 16.3. The lowest BCUT2D eigenvalue weighted by Gasteiger charge is -2.34. The van der Waals surface area contributed by atoms with E-state index in [1.54, 1.807) is 20.8 Å². The minimum Gasteiger partial charge on any atom is -0.391 e. The van der Waals surface area contributed by atoms with Crippen LogP contribution >= 0.6 is 0 Å². The Bertz CT molecular complexity index is 150. The average Bonchev–Trinajstić information content (AvgIpc) is 2.19. The van der Waals surface area contributed by atoms with Crippen LogP contribution in [0.15, 0.2) is 0 Å².